The molecule has 1 fully saturated rings. The van der Waals surface area contributed by atoms with Crippen molar-refractivity contribution < 1.29 is 29.9 Å². The van der Waals surface area contributed by atoms with Crippen molar-refractivity contribution in [3.05, 3.63) is 0 Å². The number of halogens is 1. The summed E-state index contributed by atoms with van der Waals surface area (Å²) in [5.74, 6) is -3.03. The van der Waals surface area contributed by atoms with Gasteiger partial charge in [0, 0.05) is 0 Å². The van der Waals surface area contributed by atoms with Gasteiger partial charge >= 0.3 is 0 Å². The molecule has 78 valence electrons. The highest BCUT2D eigenvalue weighted by molar-refractivity contribution is 5.05. The standard InChI is InChI=1S/C6H12FNO5/c7-6(8)4(12)2(10)1(9)3(11)5(6)13/h1-5,9-13H,8H2/t1-,2-,3-,4-,5+,6?/m0/s1. The van der Waals surface area contributed by atoms with E-state index in [-0.39, 0.29) is 0 Å². The smallest absolute Gasteiger partial charge is 0.216 e. The first-order valence-corrected chi connectivity index (χ1v) is 3.68. The lowest BCUT2D eigenvalue weighted by Crippen LogP contribution is -2.72. The van der Waals surface area contributed by atoms with E-state index in [1.54, 1.807) is 0 Å². The second-order valence-electron chi connectivity index (χ2n) is 3.19. The number of nitrogens with two attached hydrogens (primary N) is 1. The number of hydrogen-bond donors (Lipinski definition) is 6. The summed E-state index contributed by atoms with van der Waals surface area (Å²) >= 11 is 0. The third-order valence-corrected chi connectivity index (χ3v) is 2.25. The fourth-order valence-corrected chi connectivity index (χ4v) is 1.27. The van der Waals surface area contributed by atoms with Crippen LogP contribution >= 0.6 is 0 Å². The highest BCUT2D eigenvalue weighted by atomic mass is 19.1. The molecule has 0 aromatic rings. The van der Waals surface area contributed by atoms with Crippen molar-refractivity contribution in [2.24, 2.45) is 5.73 Å². The average molecular weight is 197 g/mol. The summed E-state index contributed by atoms with van der Waals surface area (Å²) in [4.78, 5) is 0. The Morgan fingerprint density at radius 2 is 1.15 bits per heavy atom. The molecule has 6 atom stereocenters. The molecule has 0 amide bonds. The van der Waals surface area contributed by atoms with Crippen LogP contribution in [-0.4, -0.2) is 61.8 Å². The molecule has 0 saturated heterocycles. The Hall–Kier alpha value is -0.310. The number of hydrogen-bond acceptors (Lipinski definition) is 6. The summed E-state index contributed by atoms with van der Waals surface area (Å²) in [6.07, 6.45) is -9.94. The molecule has 1 rings (SSSR count). The van der Waals surface area contributed by atoms with Crippen LogP contribution in [0.15, 0.2) is 0 Å². The summed E-state index contributed by atoms with van der Waals surface area (Å²) in [5.41, 5.74) is 4.81. The van der Waals surface area contributed by atoms with Crippen LogP contribution in [0.1, 0.15) is 0 Å². The fourth-order valence-electron chi connectivity index (χ4n) is 1.27. The predicted octanol–water partition coefficient (Wildman–Crippen LogP) is -3.57. The molecule has 0 radical (unpaired) electrons. The average Bonchev–Trinajstić information content (AvgIpc) is 2.09. The first kappa shape index (κ1) is 10.8. The van der Waals surface area contributed by atoms with E-state index >= 15 is 0 Å². The van der Waals surface area contributed by atoms with Gasteiger partial charge in [0.25, 0.3) is 0 Å². The van der Waals surface area contributed by atoms with Gasteiger partial charge in [-0.05, 0) is 0 Å². The maximum absolute atomic E-state index is 13.2. The highest BCUT2D eigenvalue weighted by Crippen LogP contribution is 2.29. The van der Waals surface area contributed by atoms with E-state index in [9.17, 15) is 4.39 Å². The van der Waals surface area contributed by atoms with Crippen LogP contribution in [0.4, 0.5) is 4.39 Å². The van der Waals surface area contributed by atoms with Crippen LogP contribution in [0.5, 0.6) is 0 Å². The van der Waals surface area contributed by atoms with Crippen molar-refractivity contribution in [2.45, 2.75) is 36.3 Å². The minimum Gasteiger partial charge on any atom is -0.387 e. The molecule has 7 heteroatoms. The van der Waals surface area contributed by atoms with Gasteiger partial charge in [-0.3, -0.25) is 5.73 Å². The number of alkyl halides is 1. The third kappa shape index (κ3) is 1.43. The van der Waals surface area contributed by atoms with Gasteiger partial charge in [-0.15, -0.1) is 0 Å². The van der Waals surface area contributed by atoms with E-state index in [1.165, 1.54) is 0 Å². The zero-order valence-electron chi connectivity index (χ0n) is 6.58. The van der Waals surface area contributed by atoms with Gasteiger partial charge < -0.3 is 25.5 Å². The summed E-state index contributed by atoms with van der Waals surface area (Å²) in [5, 5.41) is 44.9. The Morgan fingerprint density at radius 3 is 1.46 bits per heavy atom. The SMILES string of the molecule is NC1(F)[C@H](O)[C@@H](O)[C@@H](O)[C@H](O)[C@@H]1O. The summed E-state index contributed by atoms with van der Waals surface area (Å²) in [7, 11) is 0. The molecule has 6 nitrogen and oxygen atoms in total. The maximum Gasteiger partial charge on any atom is 0.216 e. The molecule has 0 aromatic carbocycles. The quantitative estimate of drug-likeness (QED) is 0.223. The van der Waals surface area contributed by atoms with Crippen LogP contribution in [0.3, 0.4) is 0 Å². The van der Waals surface area contributed by atoms with Gasteiger partial charge in [-0.1, -0.05) is 0 Å². The second-order valence-corrected chi connectivity index (χ2v) is 3.19. The molecular weight excluding hydrogens is 185 g/mol. The zero-order valence-corrected chi connectivity index (χ0v) is 6.58. The summed E-state index contributed by atoms with van der Waals surface area (Å²) in [6, 6.07) is 0. The lowest BCUT2D eigenvalue weighted by molar-refractivity contribution is -0.242. The monoisotopic (exact) mass is 197 g/mol. The maximum atomic E-state index is 13.2. The van der Waals surface area contributed by atoms with Crippen molar-refractivity contribution in [1.29, 1.82) is 0 Å². The van der Waals surface area contributed by atoms with E-state index in [2.05, 4.69) is 0 Å². The van der Waals surface area contributed by atoms with Gasteiger partial charge in [0.05, 0.1) is 0 Å². The van der Waals surface area contributed by atoms with Crippen LogP contribution < -0.4 is 5.73 Å². The van der Waals surface area contributed by atoms with Crippen molar-refractivity contribution in [3.8, 4) is 0 Å². The molecule has 0 bridgehead atoms. The van der Waals surface area contributed by atoms with E-state index in [1.807, 2.05) is 0 Å². The molecule has 7 N–H and O–H groups in total. The molecule has 0 heterocycles. The first-order chi connectivity index (χ1) is 5.80. The molecule has 13 heavy (non-hydrogen) atoms. The fraction of sp³-hybridized carbons (Fsp3) is 1.00. The summed E-state index contributed by atoms with van der Waals surface area (Å²) < 4.78 is 13.2. The Morgan fingerprint density at radius 1 is 0.846 bits per heavy atom. The van der Waals surface area contributed by atoms with E-state index in [0.29, 0.717) is 0 Å². The van der Waals surface area contributed by atoms with Crippen molar-refractivity contribution in [1.82, 2.24) is 0 Å². The lowest BCUT2D eigenvalue weighted by Gasteiger charge is -2.43. The molecule has 1 aliphatic rings. The minimum atomic E-state index is -3.03. The van der Waals surface area contributed by atoms with Gasteiger partial charge in [-0.25, -0.2) is 4.39 Å². The molecule has 0 aliphatic heterocycles. The van der Waals surface area contributed by atoms with Crippen LogP contribution in [0.25, 0.3) is 0 Å². The van der Waals surface area contributed by atoms with Crippen LogP contribution in [0, 0.1) is 0 Å². The Kier molecular flexibility index (Phi) is 2.59. The lowest BCUT2D eigenvalue weighted by atomic mass is 9.82. The second kappa shape index (κ2) is 3.12. The highest BCUT2D eigenvalue weighted by Gasteiger charge is 2.57. The largest absolute Gasteiger partial charge is 0.387 e. The molecular formula is C6H12FNO5. The topological polar surface area (TPSA) is 127 Å². The molecule has 0 aromatic heterocycles. The Bertz CT molecular complexity index is 183. The number of aliphatic hydroxyl groups excluding tert-OH is 5. The van der Waals surface area contributed by atoms with E-state index in [0.717, 1.165) is 0 Å². The van der Waals surface area contributed by atoms with Gasteiger partial charge in [0.15, 0.2) is 0 Å². The third-order valence-electron chi connectivity index (χ3n) is 2.25. The zero-order chi connectivity index (χ0) is 10.4. The van der Waals surface area contributed by atoms with Crippen LogP contribution in [-0.2, 0) is 0 Å². The Balaban J connectivity index is 2.93. The molecule has 1 unspecified atom stereocenters. The Labute approximate surface area is 73.0 Å². The van der Waals surface area contributed by atoms with Crippen LogP contribution in [0.2, 0.25) is 0 Å². The van der Waals surface area contributed by atoms with Crippen molar-refractivity contribution >= 4 is 0 Å². The van der Waals surface area contributed by atoms with Crippen molar-refractivity contribution in [2.75, 3.05) is 0 Å². The van der Waals surface area contributed by atoms with Gasteiger partial charge in [0.2, 0.25) is 5.79 Å². The predicted molar refractivity (Wildman–Crippen MR) is 38.1 cm³/mol. The van der Waals surface area contributed by atoms with Crippen molar-refractivity contribution in [3.63, 3.8) is 0 Å². The van der Waals surface area contributed by atoms with Gasteiger partial charge in [-0.2, -0.15) is 0 Å². The number of rotatable bonds is 0. The first-order valence-electron chi connectivity index (χ1n) is 3.68. The molecule has 0 spiro atoms. The normalized spacial score (nSPS) is 57.9. The van der Waals surface area contributed by atoms with E-state index < -0.39 is 36.3 Å². The minimum absolute atomic E-state index is 1.82. The number of aliphatic hydroxyl groups is 5. The molecule has 1 saturated carbocycles. The summed E-state index contributed by atoms with van der Waals surface area (Å²) in [6.45, 7) is 0. The van der Waals surface area contributed by atoms with Gasteiger partial charge in [0.1, 0.15) is 30.5 Å². The molecule has 1 aliphatic carbocycles. The van der Waals surface area contributed by atoms with E-state index in [4.69, 9.17) is 31.3 Å².